The first-order valence-corrected chi connectivity index (χ1v) is 4.90. The van der Waals surface area contributed by atoms with Crippen molar-refractivity contribution in [3.05, 3.63) is 11.6 Å². The third-order valence-corrected chi connectivity index (χ3v) is 3.58. The van der Waals surface area contributed by atoms with Crippen molar-refractivity contribution >= 4 is 5.78 Å². The molecule has 0 amide bonds. The summed E-state index contributed by atoms with van der Waals surface area (Å²) in [5.74, 6) is 2.09. The van der Waals surface area contributed by atoms with Gasteiger partial charge in [-0.05, 0) is 44.1 Å². The fraction of sp³-hybridized carbons (Fsp3) is 0.727. The SMILES string of the molecule is CC1=CC(=O)[C@@H]2C[C@H]1CC[C@H]2C. The average molecular weight is 164 g/mol. The third-order valence-electron chi connectivity index (χ3n) is 3.58. The molecule has 66 valence electrons. The van der Waals surface area contributed by atoms with Gasteiger partial charge in [-0.1, -0.05) is 12.5 Å². The first-order valence-electron chi connectivity index (χ1n) is 4.90. The van der Waals surface area contributed by atoms with Crippen molar-refractivity contribution in [1.29, 1.82) is 0 Å². The monoisotopic (exact) mass is 164 g/mol. The van der Waals surface area contributed by atoms with Crippen molar-refractivity contribution in [2.45, 2.75) is 33.1 Å². The Labute approximate surface area is 73.8 Å². The Kier molecular flexibility index (Phi) is 1.82. The molecule has 0 aromatic heterocycles. The summed E-state index contributed by atoms with van der Waals surface area (Å²) in [4.78, 5) is 11.5. The molecule has 0 heterocycles. The van der Waals surface area contributed by atoms with E-state index in [4.69, 9.17) is 0 Å². The molecular weight excluding hydrogens is 148 g/mol. The van der Waals surface area contributed by atoms with Gasteiger partial charge in [0.15, 0.2) is 5.78 Å². The predicted octanol–water partition coefficient (Wildman–Crippen LogP) is 2.57. The van der Waals surface area contributed by atoms with Crippen LogP contribution in [-0.4, -0.2) is 5.78 Å². The number of rotatable bonds is 0. The zero-order valence-corrected chi connectivity index (χ0v) is 7.84. The van der Waals surface area contributed by atoms with Gasteiger partial charge in [-0.15, -0.1) is 0 Å². The highest BCUT2D eigenvalue weighted by atomic mass is 16.1. The van der Waals surface area contributed by atoms with E-state index in [0.717, 1.165) is 12.3 Å². The maximum atomic E-state index is 11.5. The van der Waals surface area contributed by atoms with Crippen molar-refractivity contribution in [1.82, 2.24) is 0 Å². The average Bonchev–Trinajstić information content (AvgIpc) is 2.03. The van der Waals surface area contributed by atoms with E-state index in [2.05, 4.69) is 13.8 Å². The summed E-state index contributed by atoms with van der Waals surface area (Å²) in [5, 5.41) is 0. The lowest BCUT2D eigenvalue weighted by Gasteiger charge is -2.36. The lowest BCUT2D eigenvalue weighted by molar-refractivity contribution is -0.121. The van der Waals surface area contributed by atoms with Gasteiger partial charge in [0.1, 0.15) is 0 Å². The van der Waals surface area contributed by atoms with Crippen LogP contribution in [0, 0.1) is 17.8 Å². The molecule has 0 unspecified atom stereocenters. The Hall–Kier alpha value is -0.590. The van der Waals surface area contributed by atoms with E-state index in [1.54, 1.807) is 0 Å². The van der Waals surface area contributed by atoms with Crippen LogP contribution < -0.4 is 0 Å². The molecule has 12 heavy (non-hydrogen) atoms. The van der Waals surface area contributed by atoms with Crippen LogP contribution in [0.3, 0.4) is 0 Å². The normalized spacial score (nSPS) is 41.0. The Morgan fingerprint density at radius 2 is 2.17 bits per heavy atom. The molecule has 3 atom stereocenters. The second kappa shape index (κ2) is 2.72. The summed E-state index contributed by atoms with van der Waals surface area (Å²) in [6, 6.07) is 0. The molecule has 2 bridgehead atoms. The van der Waals surface area contributed by atoms with E-state index >= 15 is 0 Å². The first-order chi connectivity index (χ1) is 5.68. The third kappa shape index (κ3) is 1.12. The van der Waals surface area contributed by atoms with Crippen LogP contribution in [0.25, 0.3) is 0 Å². The van der Waals surface area contributed by atoms with E-state index < -0.39 is 0 Å². The highest BCUT2D eigenvalue weighted by Crippen LogP contribution is 2.41. The van der Waals surface area contributed by atoms with Crippen LogP contribution >= 0.6 is 0 Å². The largest absolute Gasteiger partial charge is 0.295 e. The van der Waals surface area contributed by atoms with E-state index in [1.165, 1.54) is 18.4 Å². The van der Waals surface area contributed by atoms with E-state index in [1.807, 2.05) is 6.08 Å². The summed E-state index contributed by atoms with van der Waals surface area (Å²) in [5.41, 5.74) is 1.32. The van der Waals surface area contributed by atoms with Crippen LogP contribution in [0.5, 0.6) is 0 Å². The minimum Gasteiger partial charge on any atom is -0.295 e. The Bertz CT molecular complexity index is 239. The second-order valence-electron chi connectivity index (χ2n) is 4.38. The quantitative estimate of drug-likeness (QED) is 0.537. The van der Waals surface area contributed by atoms with E-state index in [0.29, 0.717) is 17.6 Å². The first kappa shape index (κ1) is 8.03. The smallest absolute Gasteiger partial charge is 0.159 e. The van der Waals surface area contributed by atoms with Gasteiger partial charge in [0.05, 0.1) is 0 Å². The molecule has 0 aromatic carbocycles. The van der Waals surface area contributed by atoms with Crippen molar-refractivity contribution in [3.63, 3.8) is 0 Å². The highest BCUT2D eigenvalue weighted by Gasteiger charge is 2.35. The van der Waals surface area contributed by atoms with Crippen LogP contribution in [0.1, 0.15) is 33.1 Å². The molecule has 2 rings (SSSR count). The Balaban J connectivity index is 2.28. The van der Waals surface area contributed by atoms with Gasteiger partial charge in [-0.3, -0.25) is 4.79 Å². The fourth-order valence-electron chi connectivity index (χ4n) is 2.58. The lowest BCUT2D eigenvalue weighted by atomic mass is 9.67. The van der Waals surface area contributed by atoms with Gasteiger partial charge in [-0.2, -0.15) is 0 Å². The van der Waals surface area contributed by atoms with Gasteiger partial charge < -0.3 is 0 Å². The topological polar surface area (TPSA) is 17.1 Å². The standard InChI is InChI=1S/C11H16O/c1-7-3-4-9-6-10(7)11(12)5-8(9)2/h5,7,9-10H,3-4,6H2,1-2H3/t7-,9-,10-/m1/s1. The molecule has 0 radical (unpaired) electrons. The molecule has 0 N–H and O–H groups in total. The van der Waals surface area contributed by atoms with Gasteiger partial charge in [0.25, 0.3) is 0 Å². The summed E-state index contributed by atoms with van der Waals surface area (Å²) < 4.78 is 0. The van der Waals surface area contributed by atoms with Gasteiger partial charge in [-0.25, -0.2) is 0 Å². The summed E-state index contributed by atoms with van der Waals surface area (Å²) in [6.07, 6.45) is 5.55. The number of hydrogen-bond donors (Lipinski definition) is 0. The maximum Gasteiger partial charge on any atom is 0.159 e. The van der Waals surface area contributed by atoms with Crippen molar-refractivity contribution < 1.29 is 4.79 Å². The molecule has 1 saturated carbocycles. The van der Waals surface area contributed by atoms with Crippen LogP contribution in [0.4, 0.5) is 0 Å². The van der Waals surface area contributed by atoms with Crippen molar-refractivity contribution in [2.24, 2.45) is 17.8 Å². The van der Waals surface area contributed by atoms with Crippen LogP contribution in [0.2, 0.25) is 0 Å². The number of hydrogen-bond acceptors (Lipinski definition) is 1. The molecule has 0 saturated heterocycles. The minimum atomic E-state index is 0.354. The van der Waals surface area contributed by atoms with Gasteiger partial charge in [0, 0.05) is 5.92 Å². The zero-order valence-electron chi connectivity index (χ0n) is 7.84. The Morgan fingerprint density at radius 3 is 2.92 bits per heavy atom. The number of allylic oxidation sites excluding steroid dienone is 2. The summed E-state index contributed by atoms with van der Waals surface area (Å²) >= 11 is 0. The number of fused-ring (bicyclic) bond motifs is 2. The zero-order chi connectivity index (χ0) is 8.72. The summed E-state index contributed by atoms with van der Waals surface area (Å²) in [7, 11) is 0. The van der Waals surface area contributed by atoms with E-state index in [9.17, 15) is 4.79 Å². The molecule has 2 aliphatic carbocycles. The molecule has 1 heteroatoms. The van der Waals surface area contributed by atoms with Gasteiger partial charge >= 0.3 is 0 Å². The predicted molar refractivity (Wildman–Crippen MR) is 48.8 cm³/mol. The molecule has 1 nitrogen and oxygen atoms in total. The Morgan fingerprint density at radius 1 is 1.42 bits per heavy atom. The molecule has 1 fully saturated rings. The molecule has 2 aliphatic rings. The molecule has 0 spiro atoms. The summed E-state index contributed by atoms with van der Waals surface area (Å²) in [6.45, 7) is 4.32. The van der Waals surface area contributed by atoms with Crippen molar-refractivity contribution in [3.8, 4) is 0 Å². The molecule has 0 aromatic rings. The van der Waals surface area contributed by atoms with Gasteiger partial charge in [0.2, 0.25) is 0 Å². The highest BCUT2D eigenvalue weighted by molar-refractivity contribution is 5.93. The minimum absolute atomic E-state index is 0.354. The fourth-order valence-corrected chi connectivity index (χ4v) is 2.58. The number of carbonyl (C=O) groups is 1. The second-order valence-corrected chi connectivity index (χ2v) is 4.38. The molecule has 0 aliphatic heterocycles. The number of carbonyl (C=O) groups excluding carboxylic acids is 1. The number of ketones is 1. The lowest BCUT2D eigenvalue weighted by Crippen LogP contribution is -2.32. The maximum absolute atomic E-state index is 11.5. The van der Waals surface area contributed by atoms with Crippen LogP contribution in [0.15, 0.2) is 11.6 Å². The van der Waals surface area contributed by atoms with Crippen LogP contribution in [-0.2, 0) is 4.79 Å². The molecular formula is C11H16O. The van der Waals surface area contributed by atoms with Crippen molar-refractivity contribution in [2.75, 3.05) is 0 Å². The van der Waals surface area contributed by atoms with E-state index in [-0.39, 0.29) is 0 Å².